The Kier molecular flexibility index (Phi) is 25.6. The highest BCUT2D eigenvalue weighted by molar-refractivity contribution is 5.68. The van der Waals surface area contributed by atoms with Gasteiger partial charge in [-0.05, 0) is 12.8 Å². The summed E-state index contributed by atoms with van der Waals surface area (Å²) < 4.78 is 0. The quantitative estimate of drug-likeness (QED) is 0.117. The standard InChI is InChI=1S/C28H54O2/c1-2-3-4-5-6-7-8-9-10-11-12-13-14-15-16-17-18-19-20-21-22-23-24-25-26-27-28(29)30/h25-26H,2-24,27H2,1H3,(H,29,30)/b26-25+. The average molecular weight is 423 g/mol. The number of aliphatic carboxylic acids is 1. The van der Waals surface area contributed by atoms with E-state index in [1.54, 1.807) is 6.08 Å². The number of rotatable bonds is 25. The van der Waals surface area contributed by atoms with Gasteiger partial charge in [0.1, 0.15) is 0 Å². The Morgan fingerprint density at radius 3 is 1.10 bits per heavy atom. The van der Waals surface area contributed by atoms with Gasteiger partial charge in [0.2, 0.25) is 0 Å². The van der Waals surface area contributed by atoms with Crippen LogP contribution in [0.3, 0.4) is 0 Å². The molecule has 0 aromatic rings. The monoisotopic (exact) mass is 422 g/mol. The lowest BCUT2D eigenvalue weighted by molar-refractivity contribution is -0.136. The fourth-order valence-electron chi connectivity index (χ4n) is 4.17. The van der Waals surface area contributed by atoms with Crippen molar-refractivity contribution in [2.75, 3.05) is 0 Å². The van der Waals surface area contributed by atoms with Gasteiger partial charge < -0.3 is 5.11 Å². The largest absolute Gasteiger partial charge is 0.481 e. The Morgan fingerprint density at radius 1 is 0.500 bits per heavy atom. The maximum Gasteiger partial charge on any atom is 0.307 e. The van der Waals surface area contributed by atoms with E-state index < -0.39 is 5.97 Å². The van der Waals surface area contributed by atoms with Crippen molar-refractivity contribution in [3.63, 3.8) is 0 Å². The predicted molar refractivity (Wildman–Crippen MR) is 133 cm³/mol. The number of hydrogen-bond acceptors (Lipinski definition) is 1. The van der Waals surface area contributed by atoms with Gasteiger partial charge in [0.25, 0.3) is 0 Å². The number of hydrogen-bond donors (Lipinski definition) is 1. The van der Waals surface area contributed by atoms with Crippen LogP contribution in [0.15, 0.2) is 12.2 Å². The fraction of sp³-hybridized carbons (Fsp3) is 0.893. The molecule has 0 aromatic carbocycles. The third-order valence-corrected chi connectivity index (χ3v) is 6.18. The van der Waals surface area contributed by atoms with Crippen molar-refractivity contribution < 1.29 is 9.90 Å². The number of allylic oxidation sites excluding steroid dienone is 1. The van der Waals surface area contributed by atoms with E-state index in [1.165, 1.54) is 141 Å². The molecule has 0 amide bonds. The molecule has 0 saturated heterocycles. The summed E-state index contributed by atoms with van der Waals surface area (Å²) in [6, 6.07) is 0. The molecule has 2 heteroatoms. The summed E-state index contributed by atoms with van der Waals surface area (Å²) in [5.74, 6) is -0.736. The number of carbonyl (C=O) groups is 1. The van der Waals surface area contributed by atoms with E-state index in [4.69, 9.17) is 5.11 Å². The van der Waals surface area contributed by atoms with E-state index in [2.05, 4.69) is 6.92 Å². The van der Waals surface area contributed by atoms with Crippen LogP contribution in [0.1, 0.15) is 161 Å². The second kappa shape index (κ2) is 26.2. The average Bonchev–Trinajstić information content (AvgIpc) is 2.73. The van der Waals surface area contributed by atoms with Gasteiger partial charge in [0.15, 0.2) is 0 Å². The summed E-state index contributed by atoms with van der Waals surface area (Å²) in [6.45, 7) is 2.29. The zero-order chi connectivity index (χ0) is 22.0. The van der Waals surface area contributed by atoms with Crippen LogP contribution < -0.4 is 0 Å². The molecule has 0 heterocycles. The Morgan fingerprint density at radius 2 is 0.800 bits per heavy atom. The highest BCUT2D eigenvalue weighted by Crippen LogP contribution is 2.15. The Hall–Kier alpha value is -0.790. The van der Waals surface area contributed by atoms with E-state index in [0.717, 1.165) is 6.42 Å². The van der Waals surface area contributed by atoms with Gasteiger partial charge in [-0.1, -0.05) is 154 Å². The van der Waals surface area contributed by atoms with Gasteiger partial charge >= 0.3 is 5.97 Å². The van der Waals surface area contributed by atoms with Crippen molar-refractivity contribution in [2.45, 2.75) is 161 Å². The third kappa shape index (κ3) is 27.2. The van der Waals surface area contributed by atoms with E-state index in [-0.39, 0.29) is 6.42 Å². The molecular weight excluding hydrogens is 368 g/mol. The van der Waals surface area contributed by atoms with E-state index >= 15 is 0 Å². The van der Waals surface area contributed by atoms with E-state index in [1.807, 2.05) is 6.08 Å². The van der Waals surface area contributed by atoms with Crippen molar-refractivity contribution in [1.29, 1.82) is 0 Å². The first-order chi connectivity index (χ1) is 14.8. The molecule has 0 fully saturated rings. The topological polar surface area (TPSA) is 37.3 Å². The molecule has 0 aliphatic carbocycles. The first kappa shape index (κ1) is 29.2. The lowest BCUT2D eigenvalue weighted by Gasteiger charge is -2.04. The summed E-state index contributed by atoms with van der Waals surface area (Å²) in [6.07, 6.45) is 36.2. The van der Waals surface area contributed by atoms with E-state index in [0.29, 0.717) is 0 Å². The maximum atomic E-state index is 10.4. The van der Waals surface area contributed by atoms with Crippen molar-refractivity contribution in [1.82, 2.24) is 0 Å². The molecule has 0 aromatic heterocycles. The maximum absolute atomic E-state index is 10.4. The SMILES string of the molecule is CCCCCCCCCCCCCCCCCCCCCCCC/C=C/CC(=O)O. The highest BCUT2D eigenvalue weighted by atomic mass is 16.4. The molecular formula is C28H54O2. The van der Waals surface area contributed by atoms with Crippen LogP contribution in [-0.2, 0) is 4.79 Å². The highest BCUT2D eigenvalue weighted by Gasteiger charge is 1.96. The number of unbranched alkanes of at least 4 members (excludes halogenated alkanes) is 22. The molecule has 0 saturated carbocycles. The van der Waals surface area contributed by atoms with Gasteiger partial charge in [-0.2, -0.15) is 0 Å². The molecule has 1 N–H and O–H groups in total. The molecule has 0 aliphatic rings. The van der Waals surface area contributed by atoms with Crippen LogP contribution in [0, 0.1) is 0 Å². The number of carboxylic acids is 1. The Labute approximate surface area is 189 Å². The first-order valence-corrected chi connectivity index (χ1v) is 13.6. The van der Waals surface area contributed by atoms with Crippen LogP contribution >= 0.6 is 0 Å². The van der Waals surface area contributed by atoms with Crippen molar-refractivity contribution in [3.8, 4) is 0 Å². The molecule has 0 bridgehead atoms. The summed E-state index contributed by atoms with van der Waals surface area (Å²) in [7, 11) is 0. The first-order valence-electron chi connectivity index (χ1n) is 13.6. The minimum Gasteiger partial charge on any atom is -0.481 e. The third-order valence-electron chi connectivity index (χ3n) is 6.18. The lowest BCUT2D eigenvalue weighted by Crippen LogP contribution is -1.89. The molecule has 0 aliphatic heterocycles. The molecule has 30 heavy (non-hydrogen) atoms. The van der Waals surface area contributed by atoms with Crippen LogP contribution in [0.5, 0.6) is 0 Å². The van der Waals surface area contributed by atoms with Gasteiger partial charge in [-0.25, -0.2) is 0 Å². The van der Waals surface area contributed by atoms with Crippen molar-refractivity contribution in [3.05, 3.63) is 12.2 Å². The molecule has 0 atom stereocenters. The second-order valence-corrected chi connectivity index (χ2v) is 9.28. The normalized spacial score (nSPS) is 11.5. The minimum atomic E-state index is -0.736. The Bertz CT molecular complexity index is 362. The molecule has 0 radical (unpaired) electrons. The van der Waals surface area contributed by atoms with Gasteiger partial charge in [-0.15, -0.1) is 0 Å². The van der Waals surface area contributed by atoms with Gasteiger partial charge in [0, 0.05) is 0 Å². The minimum absolute atomic E-state index is 0.166. The predicted octanol–water partition coefficient (Wildman–Crippen LogP) is 10.0. The molecule has 2 nitrogen and oxygen atoms in total. The summed E-state index contributed by atoms with van der Waals surface area (Å²) in [5.41, 5.74) is 0. The molecule has 178 valence electrons. The fourth-order valence-corrected chi connectivity index (χ4v) is 4.17. The summed E-state index contributed by atoms with van der Waals surface area (Å²) >= 11 is 0. The van der Waals surface area contributed by atoms with Crippen molar-refractivity contribution in [2.24, 2.45) is 0 Å². The smallest absolute Gasteiger partial charge is 0.307 e. The summed E-state index contributed by atoms with van der Waals surface area (Å²) in [4.78, 5) is 10.4. The van der Waals surface area contributed by atoms with E-state index in [9.17, 15) is 4.79 Å². The van der Waals surface area contributed by atoms with Crippen LogP contribution in [0.4, 0.5) is 0 Å². The zero-order valence-corrected chi connectivity index (χ0v) is 20.5. The van der Waals surface area contributed by atoms with Gasteiger partial charge in [-0.3, -0.25) is 4.79 Å². The van der Waals surface area contributed by atoms with Crippen LogP contribution in [0.2, 0.25) is 0 Å². The van der Waals surface area contributed by atoms with Crippen molar-refractivity contribution >= 4 is 5.97 Å². The Balaban J connectivity index is 3.03. The molecule has 0 rings (SSSR count). The summed E-state index contributed by atoms with van der Waals surface area (Å²) in [5, 5.41) is 8.55. The van der Waals surface area contributed by atoms with Crippen LogP contribution in [0.25, 0.3) is 0 Å². The molecule has 0 unspecified atom stereocenters. The molecule has 0 spiro atoms. The second-order valence-electron chi connectivity index (χ2n) is 9.28. The lowest BCUT2D eigenvalue weighted by atomic mass is 10.0. The van der Waals surface area contributed by atoms with Crippen LogP contribution in [-0.4, -0.2) is 11.1 Å². The number of carboxylic acid groups (broad SMARTS) is 1. The van der Waals surface area contributed by atoms with Gasteiger partial charge in [0.05, 0.1) is 6.42 Å². The zero-order valence-electron chi connectivity index (χ0n) is 20.5.